The van der Waals surface area contributed by atoms with Crippen LogP contribution in [0, 0.1) is 0 Å². The number of aromatic nitrogens is 2. The highest BCUT2D eigenvalue weighted by Crippen LogP contribution is 2.29. The second-order valence-corrected chi connectivity index (χ2v) is 4.90. The molecule has 0 N–H and O–H groups in total. The number of pyridine rings is 1. The maximum atomic E-state index is 6.09. The molecule has 3 rings (SSSR count). The van der Waals surface area contributed by atoms with Crippen molar-refractivity contribution >= 4 is 23.1 Å². The summed E-state index contributed by atoms with van der Waals surface area (Å²) in [7, 11) is 0. The number of alkyl halides is 1. The third-order valence-corrected chi connectivity index (χ3v) is 3.81. The first-order valence-electron chi connectivity index (χ1n) is 6.10. The molecule has 0 amide bonds. The Hall–Kier alpha value is -1.22. The van der Waals surface area contributed by atoms with E-state index in [1.807, 2.05) is 24.4 Å². The second-order valence-electron chi connectivity index (χ2n) is 4.63. The Morgan fingerprint density at radius 2 is 2.35 bits per heavy atom. The van der Waals surface area contributed by atoms with Crippen molar-refractivity contribution in [3.63, 3.8) is 0 Å². The third kappa shape index (κ3) is 1.69. The average molecular weight is 250 g/mol. The normalized spacial score (nSPS) is 20.4. The Kier molecular flexibility index (Phi) is 2.71. The molecule has 1 saturated heterocycles. The molecule has 1 aliphatic rings. The highest BCUT2D eigenvalue weighted by atomic mass is 35.5. The van der Waals surface area contributed by atoms with Crippen molar-refractivity contribution in [1.82, 2.24) is 9.38 Å². The molecule has 0 saturated carbocycles. The van der Waals surface area contributed by atoms with Gasteiger partial charge in [0.2, 0.25) is 0 Å². The van der Waals surface area contributed by atoms with Gasteiger partial charge in [0, 0.05) is 18.8 Å². The van der Waals surface area contributed by atoms with E-state index in [-0.39, 0.29) is 0 Å². The van der Waals surface area contributed by atoms with Crippen LogP contribution >= 0.6 is 11.6 Å². The third-order valence-electron chi connectivity index (χ3n) is 3.56. The van der Waals surface area contributed by atoms with Crippen LogP contribution in [0.3, 0.4) is 0 Å². The number of fused-ring (bicyclic) bond motifs is 1. The number of halogens is 1. The molecule has 1 atom stereocenters. The van der Waals surface area contributed by atoms with Gasteiger partial charge in [-0.05, 0) is 31.9 Å². The molecule has 1 aliphatic heterocycles. The summed E-state index contributed by atoms with van der Waals surface area (Å²) >= 11 is 6.09. The number of nitrogens with zero attached hydrogens (tertiary/aromatic N) is 3. The van der Waals surface area contributed by atoms with Crippen molar-refractivity contribution in [2.24, 2.45) is 0 Å². The van der Waals surface area contributed by atoms with Gasteiger partial charge in [-0.15, -0.1) is 11.6 Å². The monoisotopic (exact) mass is 249 g/mol. The predicted octanol–water partition coefficient (Wildman–Crippen LogP) is 3.06. The standard InChI is InChI=1S/C13H16ClN3/c1-10-5-4-8-16(10)13-11(9-14)17-7-3-2-6-12(17)15-13/h2-3,6-7,10H,4-5,8-9H2,1H3. The Morgan fingerprint density at radius 3 is 3.06 bits per heavy atom. The van der Waals surface area contributed by atoms with Crippen molar-refractivity contribution in [2.75, 3.05) is 11.4 Å². The molecular formula is C13H16ClN3. The van der Waals surface area contributed by atoms with Crippen LogP contribution in [0.5, 0.6) is 0 Å². The minimum Gasteiger partial charge on any atom is -0.352 e. The molecular weight excluding hydrogens is 234 g/mol. The summed E-state index contributed by atoms with van der Waals surface area (Å²) < 4.78 is 2.09. The molecule has 2 aromatic rings. The molecule has 3 nitrogen and oxygen atoms in total. The van der Waals surface area contributed by atoms with Crippen LogP contribution in [0.15, 0.2) is 24.4 Å². The van der Waals surface area contributed by atoms with Gasteiger partial charge in [-0.1, -0.05) is 6.07 Å². The van der Waals surface area contributed by atoms with E-state index in [0.717, 1.165) is 23.7 Å². The van der Waals surface area contributed by atoms with Gasteiger partial charge in [-0.25, -0.2) is 4.98 Å². The molecule has 0 radical (unpaired) electrons. The van der Waals surface area contributed by atoms with Gasteiger partial charge in [-0.3, -0.25) is 0 Å². The molecule has 90 valence electrons. The highest BCUT2D eigenvalue weighted by molar-refractivity contribution is 6.17. The van der Waals surface area contributed by atoms with E-state index in [4.69, 9.17) is 16.6 Å². The fraction of sp³-hybridized carbons (Fsp3) is 0.462. The Bertz CT molecular complexity index is 534. The molecule has 1 fully saturated rings. The zero-order chi connectivity index (χ0) is 11.8. The molecule has 0 aliphatic carbocycles. The fourth-order valence-electron chi connectivity index (χ4n) is 2.64. The van der Waals surface area contributed by atoms with Crippen molar-refractivity contribution in [3.05, 3.63) is 30.1 Å². The zero-order valence-corrected chi connectivity index (χ0v) is 10.7. The van der Waals surface area contributed by atoms with E-state index in [9.17, 15) is 0 Å². The van der Waals surface area contributed by atoms with Gasteiger partial charge in [-0.2, -0.15) is 0 Å². The Balaban J connectivity index is 2.15. The summed E-state index contributed by atoms with van der Waals surface area (Å²) in [6.07, 6.45) is 4.52. The van der Waals surface area contributed by atoms with Gasteiger partial charge in [0.05, 0.1) is 11.6 Å². The molecule has 0 aromatic carbocycles. The summed E-state index contributed by atoms with van der Waals surface area (Å²) in [6.45, 7) is 3.35. The minimum absolute atomic E-state index is 0.504. The van der Waals surface area contributed by atoms with Crippen molar-refractivity contribution in [2.45, 2.75) is 31.7 Å². The van der Waals surface area contributed by atoms with Gasteiger partial charge < -0.3 is 9.30 Å². The number of rotatable bonds is 2. The van der Waals surface area contributed by atoms with Crippen LogP contribution in [0.2, 0.25) is 0 Å². The molecule has 0 spiro atoms. The molecule has 4 heteroatoms. The maximum absolute atomic E-state index is 6.09. The molecule has 0 bridgehead atoms. The van der Waals surface area contributed by atoms with Gasteiger partial charge >= 0.3 is 0 Å². The summed E-state index contributed by atoms with van der Waals surface area (Å²) in [5.74, 6) is 1.57. The van der Waals surface area contributed by atoms with E-state index in [2.05, 4.69) is 16.2 Å². The Labute approximate surface area is 106 Å². The number of hydrogen-bond acceptors (Lipinski definition) is 2. The zero-order valence-electron chi connectivity index (χ0n) is 9.93. The van der Waals surface area contributed by atoms with E-state index >= 15 is 0 Å². The van der Waals surface area contributed by atoms with Crippen LogP contribution in [0.25, 0.3) is 5.65 Å². The van der Waals surface area contributed by atoms with Crippen molar-refractivity contribution in [1.29, 1.82) is 0 Å². The molecule has 17 heavy (non-hydrogen) atoms. The largest absolute Gasteiger partial charge is 0.352 e. The van der Waals surface area contributed by atoms with Crippen LogP contribution in [0.4, 0.5) is 5.82 Å². The Morgan fingerprint density at radius 1 is 1.47 bits per heavy atom. The predicted molar refractivity (Wildman–Crippen MR) is 70.8 cm³/mol. The lowest BCUT2D eigenvalue weighted by atomic mass is 10.2. The van der Waals surface area contributed by atoms with E-state index < -0.39 is 0 Å². The van der Waals surface area contributed by atoms with Gasteiger partial charge in [0.1, 0.15) is 5.65 Å². The number of anilines is 1. The fourth-order valence-corrected chi connectivity index (χ4v) is 2.88. The summed E-state index contributed by atoms with van der Waals surface area (Å²) in [6, 6.07) is 6.63. The van der Waals surface area contributed by atoms with Gasteiger partial charge in [0.15, 0.2) is 5.82 Å². The minimum atomic E-state index is 0.504. The van der Waals surface area contributed by atoms with E-state index in [1.165, 1.54) is 12.8 Å². The molecule has 1 unspecified atom stereocenters. The topological polar surface area (TPSA) is 20.5 Å². The lowest BCUT2D eigenvalue weighted by Crippen LogP contribution is -2.27. The first-order valence-corrected chi connectivity index (χ1v) is 6.63. The first kappa shape index (κ1) is 10.9. The van der Waals surface area contributed by atoms with Crippen molar-refractivity contribution in [3.8, 4) is 0 Å². The smallest absolute Gasteiger partial charge is 0.152 e. The van der Waals surface area contributed by atoms with Gasteiger partial charge in [0.25, 0.3) is 0 Å². The average Bonchev–Trinajstić information content (AvgIpc) is 2.91. The SMILES string of the molecule is CC1CCCN1c1nc2ccccn2c1CCl. The van der Waals surface area contributed by atoms with Crippen LogP contribution in [-0.4, -0.2) is 22.0 Å². The lowest BCUT2D eigenvalue weighted by Gasteiger charge is -2.22. The maximum Gasteiger partial charge on any atom is 0.152 e. The molecule has 3 heterocycles. The summed E-state index contributed by atoms with van der Waals surface area (Å²) in [5.41, 5.74) is 2.09. The highest BCUT2D eigenvalue weighted by Gasteiger charge is 2.25. The van der Waals surface area contributed by atoms with E-state index in [0.29, 0.717) is 11.9 Å². The number of imidazole rings is 1. The quantitative estimate of drug-likeness (QED) is 0.763. The van der Waals surface area contributed by atoms with Crippen LogP contribution < -0.4 is 4.90 Å². The summed E-state index contributed by atoms with van der Waals surface area (Å²) in [5, 5.41) is 0. The van der Waals surface area contributed by atoms with Crippen LogP contribution in [-0.2, 0) is 5.88 Å². The lowest BCUT2D eigenvalue weighted by molar-refractivity contribution is 0.726. The first-order chi connectivity index (χ1) is 8.31. The van der Waals surface area contributed by atoms with Crippen LogP contribution in [0.1, 0.15) is 25.5 Å². The summed E-state index contributed by atoms with van der Waals surface area (Å²) in [4.78, 5) is 7.10. The second kappa shape index (κ2) is 4.22. The molecule has 2 aromatic heterocycles. The van der Waals surface area contributed by atoms with Crippen molar-refractivity contribution < 1.29 is 0 Å². The van der Waals surface area contributed by atoms with E-state index in [1.54, 1.807) is 0 Å². The number of hydrogen-bond donors (Lipinski definition) is 0.